The first-order valence-corrected chi connectivity index (χ1v) is 9.21. The van der Waals surface area contributed by atoms with Crippen molar-refractivity contribution in [1.29, 1.82) is 0 Å². The second-order valence-electron chi connectivity index (χ2n) is 6.52. The minimum absolute atomic E-state index is 0.00430. The van der Waals surface area contributed by atoms with Crippen molar-refractivity contribution in [3.05, 3.63) is 36.2 Å². The fourth-order valence-corrected chi connectivity index (χ4v) is 2.70. The van der Waals surface area contributed by atoms with Crippen LogP contribution in [0.5, 0.6) is 0 Å². The number of amides is 1. The van der Waals surface area contributed by atoms with E-state index in [9.17, 15) is 9.59 Å². The van der Waals surface area contributed by atoms with Crippen LogP contribution in [-0.4, -0.2) is 66.2 Å². The first-order chi connectivity index (χ1) is 11.9. The molecule has 0 unspecified atom stereocenters. The Kier molecular flexibility index (Phi) is 9.21. The zero-order valence-corrected chi connectivity index (χ0v) is 16.3. The lowest BCUT2D eigenvalue weighted by atomic mass is 10.1. The molecule has 0 bridgehead atoms. The van der Waals surface area contributed by atoms with Crippen LogP contribution in [0.4, 0.5) is 0 Å². The van der Waals surface area contributed by atoms with Gasteiger partial charge in [-0.1, -0.05) is 39.0 Å². The molecule has 0 N–H and O–H groups in total. The highest BCUT2D eigenvalue weighted by molar-refractivity contribution is 5.93. The van der Waals surface area contributed by atoms with Crippen LogP contribution in [0.2, 0.25) is 0 Å². The number of carbonyl (C=O) groups is 2. The molecule has 0 atom stereocenters. The Labute approximate surface area is 152 Å². The Bertz CT molecular complexity index is 537. The van der Waals surface area contributed by atoms with Crippen LogP contribution in [0.25, 0.3) is 0 Å². The van der Waals surface area contributed by atoms with E-state index in [1.165, 1.54) is 0 Å². The first-order valence-electron chi connectivity index (χ1n) is 9.21. The van der Waals surface area contributed by atoms with E-state index in [2.05, 4.69) is 25.3 Å². The van der Waals surface area contributed by atoms with E-state index < -0.39 is 0 Å². The number of ketones is 1. The standard InChI is InChI=1S/C20H33N3O2/c1-6-8-9-11-19(18(4)24)23-15-14-22(16-17(23)3)20(25)12-10-13-21(5)7-2/h10-12H,3,6-9,13-16H2,1-2,4-5H3/b12-10+,19-11-. The molecule has 0 radical (unpaired) electrons. The Morgan fingerprint density at radius 3 is 2.56 bits per heavy atom. The van der Waals surface area contributed by atoms with Gasteiger partial charge in [0.1, 0.15) is 0 Å². The summed E-state index contributed by atoms with van der Waals surface area (Å²) in [5.74, 6) is 0.0594. The van der Waals surface area contributed by atoms with Crippen molar-refractivity contribution < 1.29 is 9.59 Å². The number of hydrogen-bond acceptors (Lipinski definition) is 4. The number of likely N-dealkylation sites (N-methyl/N-ethyl adjacent to an activating group) is 1. The molecule has 0 aromatic carbocycles. The van der Waals surface area contributed by atoms with Gasteiger partial charge in [0.05, 0.1) is 12.2 Å². The average molecular weight is 348 g/mol. The molecular formula is C20H33N3O2. The van der Waals surface area contributed by atoms with Gasteiger partial charge in [-0.25, -0.2) is 0 Å². The molecule has 1 rings (SSSR count). The molecule has 0 spiro atoms. The van der Waals surface area contributed by atoms with E-state index >= 15 is 0 Å². The summed E-state index contributed by atoms with van der Waals surface area (Å²) < 4.78 is 0. The van der Waals surface area contributed by atoms with Crippen LogP contribution < -0.4 is 0 Å². The summed E-state index contributed by atoms with van der Waals surface area (Å²) in [5, 5.41) is 0. The molecule has 5 heteroatoms. The summed E-state index contributed by atoms with van der Waals surface area (Å²) in [6.45, 7) is 13.3. The number of carbonyl (C=O) groups excluding carboxylic acids is 2. The Hall–Kier alpha value is -1.88. The maximum absolute atomic E-state index is 12.3. The molecule has 1 heterocycles. The molecule has 0 aromatic rings. The number of nitrogens with zero attached hydrogens (tertiary/aromatic N) is 3. The van der Waals surface area contributed by atoms with Crippen molar-refractivity contribution in [3.8, 4) is 0 Å². The molecule has 1 amide bonds. The highest BCUT2D eigenvalue weighted by atomic mass is 16.2. The highest BCUT2D eigenvalue weighted by Crippen LogP contribution is 2.20. The summed E-state index contributed by atoms with van der Waals surface area (Å²) in [7, 11) is 2.02. The molecule has 1 fully saturated rings. The number of hydrogen-bond donors (Lipinski definition) is 0. The maximum atomic E-state index is 12.3. The third-order valence-corrected chi connectivity index (χ3v) is 4.42. The predicted octanol–water partition coefficient (Wildman–Crippen LogP) is 2.82. The van der Waals surface area contributed by atoms with Gasteiger partial charge in [-0.2, -0.15) is 0 Å². The fourth-order valence-electron chi connectivity index (χ4n) is 2.70. The van der Waals surface area contributed by atoms with Crippen molar-refractivity contribution in [2.75, 3.05) is 39.8 Å². The largest absolute Gasteiger partial charge is 0.340 e. The molecule has 0 aromatic heterocycles. The zero-order valence-electron chi connectivity index (χ0n) is 16.3. The van der Waals surface area contributed by atoms with Crippen molar-refractivity contribution in [3.63, 3.8) is 0 Å². The predicted molar refractivity (Wildman–Crippen MR) is 103 cm³/mol. The van der Waals surface area contributed by atoms with E-state index in [1.807, 2.05) is 24.1 Å². The normalized spacial score (nSPS) is 16.2. The first kappa shape index (κ1) is 21.2. The summed E-state index contributed by atoms with van der Waals surface area (Å²) in [5.41, 5.74) is 1.52. The van der Waals surface area contributed by atoms with Gasteiger partial charge in [-0.05, 0) is 26.4 Å². The Balaban J connectivity index is 2.66. The van der Waals surface area contributed by atoms with Crippen LogP contribution in [0.1, 0.15) is 40.0 Å². The van der Waals surface area contributed by atoms with Crippen molar-refractivity contribution in [1.82, 2.24) is 14.7 Å². The van der Waals surface area contributed by atoms with Crippen LogP contribution in [-0.2, 0) is 9.59 Å². The van der Waals surface area contributed by atoms with E-state index in [0.717, 1.165) is 38.0 Å². The van der Waals surface area contributed by atoms with Crippen molar-refractivity contribution >= 4 is 11.7 Å². The molecular weight excluding hydrogens is 314 g/mol. The quantitative estimate of drug-likeness (QED) is 0.475. The summed E-state index contributed by atoms with van der Waals surface area (Å²) in [6.07, 6.45) is 8.61. The van der Waals surface area contributed by atoms with Crippen LogP contribution >= 0.6 is 0 Å². The highest BCUT2D eigenvalue weighted by Gasteiger charge is 2.25. The zero-order chi connectivity index (χ0) is 18.8. The average Bonchev–Trinajstić information content (AvgIpc) is 2.58. The number of unbranched alkanes of at least 4 members (excludes halogenated alkanes) is 2. The van der Waals surface area contributed by atoms with Gasteiger partial charge in [-0.3, -0.25) is 9.59 Å². The lowest BCUT2D eigenvalue weighted by Gasteiger charge is -2.38. The third-order valence-electron chi connectivity index (χ3n) is 4.42. The molecule has 0 saturated carbocycles. The molecule has 1 saturated heterocycles. The molecule has 25 heavy (non-hydrogen) atoms. The third kappa shape index (κ3) is 6.86. The van der Waals surface area contributed by atoms with Gasteiger partial charge in [0.2, 0.25) is 5.91 Å². The SMILES string of the molecule is C=C1CN(C(=O)/C=C/CN(C)CC)CCN1/C(=C\CCCC)C(C)=O. The molecule has 140 valence electrons. The molecule has 5 nitrogen and oxygen atoms in total. The van der Waals surface area contributed by atoms with E-state index in [0.29, 0.717) is 25.3 Å². The van der Waals surface area contributed by atoms with Gasteiger partial charge >= 0.3 is 0 Å². The minimum Gasteiger partial charge on any atom is -0.340 e. The Morgan fingerprint density at radius 2 is 2.00 bits per heavy atom. The fraction of sp³-hybridized carbons (Fsp3) is 0.600. The second-order valence-corrected chi connectivity index (χ2v) is 6.52. The minimum atomic E-state index is 0.00430. The summed E-state index contributed by atoms with van der Waals surface area (Å²) in [6, 6.07) is 0. The van der Waals surface area contributed by atoms with E-state index in [1.54, 1.807) is 17.9 Å². The number of rotatable bonds is 9. The second kappa shape index (κ2) is 10.9. The smallest absolute Gasteiger partial charge is 0.246 e. The summed E-state index contributed by atoms with van der Waals surface area (Å²) in [4.78, 5) is 30.2. The van der Waals surface area contributed by atoms with Crippen LogP contribution in [0.15, 0.2) is 36.2 Å². The monoisotopic (exact) mass is 347 g/mol. The van der Waals surface area contributed by atoms with Gasteiger partial charge in [0.25, 0.3) is 0 Å². The number of allylic oxidation sites excluding steroid dienone is 2. The lowest BCUT2D eigenvalue weighted by Crippen LogP contribution is -2.46. The molecule has 0 aliphatic carbocycles. The van der Waals surface area contributed by atoms with E-state index in [4.69, 9.17) is 0 Å². The van der Waals surface area contributed by atoms with Gasteiger partial charge < -0.3 is 14.7 Å². The number of Topliss-reactive ketones (excluding diaryl/α,β-unsaturated/α-hetero) is 1. The van der Waals surface area contributed by atoms with E-state index in [-0.39, 0.29) is 11.7 Å². The van der Waals surface area contributed by atoms with Crippen LogP contribution in [0, 0.1) is 0 Å². The van der Waals surface area contributed by atoms with Crippen molar-refractivity contribution in [2.24, 2.45) is 0 Å². The van der Waals surface area contributed by atoms with Gasteiger partial charge in [0, 0.05) is 38.3 Å². The topological polar surface area (TPSA) is 43.9 Å². The molecule has 1 aliphatic rings. The maximum Gasteiger partial charge on any atom is 0.246 e. The van der Waals surface area contributed by atoms with Gasteiger partial charge in [-0.15, -0.1) is 0 Å². The summed E-state index contributed by atoms with van der Waals surface area (Å²) >= 11 is 0. The lowest BCUT2D eigenvalue weighted by molar-refractivity contribution is -0.126. The Morgan fingerprint density at radius 1 is 1.28 bits per heavy atom. The van der Waals surface area contributed by atoms with Crippen molar-refractivity contribution in [2.45, 2.75) is 40.0 Å². The van der Waals surface area contributed by atoms with Gasteiger partial charge in [0.15, 0.2) is 5.78 Å². The molecule has 1 aliphatic heterocycles. The van der Waals surface area contributed by atoms with Crippen LogP contribution in [0.3, 0.4) is 0 Å². The number of piperazine rings is 1.